The lowest BCUT2D eigenvalue weighted by Crippen LogP contribution is -2.43. The van der Waals surface area contributed by atoms with E-state index in [0.29, 0.717) is 6.61 Å². The van der Waals surface area contributed by atoms with Gasteiger partial charge in [-0.05, 0) is 48.3 Å². The van der Waals surface area contributed by atoms with Gasteiger partial charge in [0.15, 0.2) is 0 Å². The van der Waals surface area contributed by atoms with E-state index in [-0.39, 0.29) is 17.4 Å². The van der Waals surface area contributed by atoms with Gasteiger partial charge in [-0.2, -0.15) is 11.3 Å². The zero-order valence-corrected chi connectivity index (χ0v) is 14.9. The van der Waals surface area contributed by atoms with Crippen LogP contribution in [0.15, 0.2) is 41.4 Å². The predicted molar refractivity (Wildman–Crippen MR) is 96.0 cm³/mol. The Hall–Kier alpha value is -1.92. The van der Waals surface area contributed by atoms with Gasteiger partial charge in [0, 0.05) is 24.7 Å². The van der Waals surface area contributed by atoms with Gasteiger partial charge in [0.05, 0.1) is 24.5 Å². The summed E-state index contributed by atoms with van der Waals surface area (Å²) in [6, 6.07) is 5.68. The van der Waals surface area contributed by atoms with Crippen LogP contribution in [-0.2, 0) is 4.74 Å². The van der Waals surface area contributed by atoms with Crippen LogP contribution in [0.4, 0.5) is 0 Å². The average Bonchev–Trinajstić information content (AvgIpc) is 3.32. The molecule has 2 aromatic heterocycles. The molecule has 4 heterocycles. The molecule has 0 radical (unpaired) electrons. The fourth-order valence-corrected chi connectivity index (χ4v) is 4.36. The van der Waals surface area contributed by atoms with Gasteiger partial charge >= 0.3 is 0 Å². The quantitative estimate of drug-likeness (QED) is 0.842. The van der Waals surface area contributed by atoms with Crippen LogP contribution >= 0.6 is 11.3 Å². The van der Waals surface area contributed by atoms with Gasteiger partial charge < -0.3 is 14.4 Å². The number of carbonyl (C=O) groups excluding carboxylic acids is 1. The first-order valence-electron chi connectivity index (χ1n) is 8.70. The number of amides is 1. The Kier molecular flexibility index (Phi) is 4.72. The highest BCUT2D eigenvalue weighted by molar-refractivity contribution is 7.08. The third-order valence-electron chi connectivity index (χ3n) is 5.24. The van der Waals surface area contributed by atoms with E-state index in [1.165, 1.54) is 0 Å². The molecular formula is C19H22N2O3S. The molecule has 0 saturated carbocycles. The largest absolute Gasteiger partial charge is 0.489 e. The molecule has 4 rings (SSSR count). The number of likely N-dealkylation sites (tertiary alicyclic amines) is 1. The van der Waals surface area contributed by atoms with Crippen molar-refractivity contribution >= 4 is 17.2 Å². The lowest BCUT2D eigenvalue weighted by Gasteiger charge is -2.38. The molecule has 2 saturated heterocycles. The minimum Gasteiger partial charge on any atom is -0.489 e. The summed E-state index contributed by atoms with van der Waals surface area (Å²) < 4.78 is 11.8. The molecule has 0 bridgehead atoms. The number of ether oxygens (including phenoxy) is 2. The number of aromatic nitrogens is 1. The molecule has 5 nitrogen and oxygen atoms in total. The summed E-state index contributed by atoms with van der Waals surface area (Å²) in [5, 5.41) is 3.88. The van der Waals surface area contributed by atoms with Crippen LogP contribution in [0.3, 0.4) is 0 Å². The molecule has 0 aromatic carbocycles. The molecule has 132 valence electrons. The summed E-state index contributed by atoms with van der Waals surface area (Å²) in [7, 11) is 0. The zero-order valence-electron chi connectivity index (χ0n) is 14.1. The third kappa shape index (κ3) is 3.70. The Bertz CT molecular complexity index is 697. The molecule has 1 spiro atoms. The number of rotatable bonds is 4. The van der Waals surface area contributed by atoms with Crippen molar-refractivity contribution < 1.29 is 14.3 Å². The van der Waals surface area contributed by atoms with Crippen molar-refractivity contribution in [2.45, 2.75) is 25.4 Å². The van der Waals surface area contributed by atoms with E-state index < -0.39 is 0 Å². The van der Waals surface area contributed by atoms with Gasteiger partial charge in [0.2, 0.25) is 0 Å². The molecule has 1 amide bonds. The second kappa shape index (κ2) is 7.14. The van der Waals surface area contributed by atoms with Crippen molar-refractivity contribution in [2.24, 2.45) is 5.41 Å². The molecule has 0 aliphatic carbocycles. The van der Waals surface area contributed by atoms with Crippen molar-refractivity contribution in [1.29, 1.82) is 0 Å². The second-order valence-corrected chi connectivity index (χ2v) is 7.72. The Balaban J connectivity index is 1.28. The van der Waals surface area contributed by atoms with Crippen molar-refractivity contribution in [1.82, 2.24) is 9.88 Å². The van der Waals surface area contributed by atoms with Crippen molar-refractivity contribution in [3.8, 4) is 5.75 Å². The zero-order chi connectivity index (χ0) is 17.1. The summed E-state index contributed by atoms with van der Waals surface area (Å²) in [6.45, 7) is 2.96. The number of carbonyl (C=O) groups is 1. The molecule has 0 N–H and O–H groups in total. The van der Waals surface area contributed by atoms with Crippen LogP contribution in [0.1, 0.15) is 29.6 Å². The highest BCUT2D eigenvalue weighted by Gasteiger charge is 2.43. The monoisotopic (exact) mass is 358 g/mol. The van der Waals surface area contributed by atoms with Crippen molar-refractivity contribution in [3.05, 3.63) is 46.9 Å². The second-order valence-electron chi connectivity index (χ2n) is 6.94. The van der Waals surface area contributed by atoms with E-state index in [1.807, 2.05) is 33.9 Å². The van der Waals surface area contributed by atoms with Crippen molar-refractivity contribution in [3.63, 3.8) is 0 Å². The smallest absolute Gasteiger partial charge is 0.254 e. The maximum absolute atomic E-state index is 12.5. The summed E-state index contributed by atoms with van der Waals surface area (Å²) in [4.78, 5) is 18.5. The highest BCUT2D eigenvalue weighted by atomic mass is 32.1. The van der Waals surface area contributed by atoms with Gasteiger partial charge in [-0.3, -0.25) is 9.78 Å². The summed E-state index contributed by atoms with van der Waals surface area (Å²) in [5.74, 6) is 0.940. The van der Waals surface area contributed by atoms with E-state index in [0.717, 1.165) is 50.3 Å². The van der Waals surface area contributed by atoms with E-state index in [9.17, 15) is 4.79 Å². The molecule has 0 unspecified atom stereocenters. The van der Waals surface area contributed by atoms with Crippen LogP contribution in [0.2, 0.25) is 0 Å². The summed E-state index contributed by atoms with van der Waals surface area (Å²) in [5.41, 5.74) is 1.01. The average molecular weight is 358 g/mol. The van der Waals surface area contributed by atoms with Gasteiger partial charge in [-0.15, -0.1) is 0 Å². The molecule has 2 aliphatic rings. The van der Waals surface area contributed by atoms with Crippen LogP contribution in [0, 0.1) is 5.41 Å². The van der Waals surface area contributed by atoms with Crippen LogP contribution < -0.4 is 4.74 Å². The summed E-state index contributed by atoms with van der Waals surface area (Å²) in [6.07, 6.45) is 6.60. The molecule has 1 atom stereocenters. The van der Waals surface area contributed by atoms with E-state index >= 15 is 0 Å². The third-order valence-corrected chi connectivity index (χ3v) is 5.92. The predicted octanol–water partition coefficient (Wildman–Crippen LogP) is 3.23. The van der Waals surface area contributed by atoms with E-state index in [1.54, 1.807) is 23.7 Å². The first-order valence-corrected chi connectivity index (χ1v) is 9.64. The molecule has 2 fully saturated rings. The number of piperidine rings is 1. The minimum atomic E-state index is 0.124. The number of thiophene rings is 1. The van der Waals surface area contributed by atoms with Gasteiger partial charge in [-0.25, -0.2) is 0 Å². The van der Waals surface area contributed by atoms with E-state index in [4.69, 9.17) is 9.47 Å². The Morgan fingerprint density at radius 2 is 2.28 bits per heavy atom. The first kappa shape index (κ1) is 16.5. The van der Waals surface area contributed by atoms with Crippen molar-refractivity contribution in [2.75, 3.05) is 26.3 Å². The molecular weight excluding hydrogens is 336 g/mol. The summed E-state index contributed by atoms with van der Waals surface area (Å²) >= 11 is 1.57. The maximum atomic E-state index is 12.5. The van der Waals surface area contributed by atoms with Crippen LogP contribution in [-0.4, -0.2) is 48.2 Å². The lowest BCUT2D eigenvalue weighted by atomic mass is 9.76. The number of pyridine rings is 1. The molecule has 2 aliphatic heterocycles. The first-order chi connectivity index (χ1) is 12.2. The molecule has 6 heteroatoms. The van der Waals surface area contributed by atoms with Gasteiger partial charge in [-0.1, -0.05) is 0 Å². The van der Waals surface area contributed by atoms with Crippen LogP contribution in [0.25, 0.3) is 0 Å². The Morgan fingerprint density at radius 3 is 3.00 bits per heavy atom. The topological polar surface area (TPSA) is 51.7 Å². The normalized spacial score (nSPS) is 22.2. The standard InChI is InChI=1S/C19H22N2O3S/c22-18(15-3-9-25-13-15)21-7-4-19(5-8-21)10-17(24-14-19)12-23-16-2-1-6-20-11-16/h1-3,6,9,11,13,17H,4-5,7-8,10,12,14H2/t17-/m0/s1. The molecule has 2 aromatic rings. The highest BCUT2D eigenvalue weighted by Crippen LogP contribution is 2.42. The SMILES string of the molecule is O=C(c1ccsc1)N1CCC2(CC1)CO[C@H](COc1cccnc1)C2. The van der Waals surface area contributed by atoms with E-state index in [2.05, 4.69) is 4.98 Å². The fourth-order valence-electron chi connectivity index (χ4n) is 3.73. The fraction of sp³-hybridized carbons (Fsp3) is 0.474. The van der Waals surface area contributed by atoms with Gasteiger partial charge in [0.1, 0.15) is 12.4 Å². The Labute approximate surface area is 151 Å². The number of nitrogens with zero attached hydrogens (tertiary/aromatic N) is 2. The van der Waals surface area contributed by atoms with Crippen LogP contribution in [0.5, 0.6) is 5.75 Å². The number of hydrogen-bond acceptors (Lipinski definition) is 5. The number of hydrogen-bond donors (Lipinski definition) is 0. The lowest BCUT2D eigenvalue weighted by molar-refractivity contribution is 0.0427. The molecule has 25 heavy (non-hydrogen) atoms. The Morgan fingerprint density at radius 1 is 1.40 bits per heavy atom. The minimum absolute atomic E-state index is 0.124. The maximum Gasteiger partial charge on any atom is 0.254 e. The van der Waals surface area contributed by atoms with Gasteiger partial charge in [0.25, 0.3) is 5.91 Å².